The molecule has 0 saturated carbocycles. The zero-order valence-electron chi connectivity index (χ0n) is 8.87. The van der Waals surface area contributed by atoms with Gasteiger partial charge in [-0.3, -0.25) is 9.59 Å². The summed E-state index contributed by atoms with van der Waals surface area (Å²) in [5.41, 5.74) is 0.938. The molecule has 0 saturated heterocycles. The van der Waals surface area contributed by atoms with Crippen molar-refractivity contribution in [2.75, 3.05) is 0 Å². The van der Waals surface area contributed by atoms with E-state index in [4.69, 9.17) is 10.2 Å². The number of allylic oxidation sites excluding steroid dienone is 1. The molecular weight excluding hydrogens is 196 g/mol. The first-order valence-electron chi connectivity index (χ1n) is 5.12. The average Bonchev–Trinajstić information content (AvgIpc) is 2.13. The molecular formula is C11H18O4. The SMILES string of the molecule is C=C(CCCCCC(=O)O)CCC(=O)O. The summed E-state index contributed by atoms with van der Waals surface area (Å²) < 4.78 is 0. The molecule has 0 fully saturated rings. The van der Waals surface area contributed by atoms with Crippen LogP contribution in [0, 0.1) is 0 Å². The van der Waals surface area contributed by atoms with Crippen LogP contribution in [-0.4, -0.2) is 22.2 Å². The van der Waals surface area contributed by atoms with Gasteiger partial charge in [0.2, 0.25) is 0 Å². The largest absolute Gasteiger partial charge is 0.481 e. The Labute approximate surface area is 89.6 Å². The van der Waals surface area contributed by atoms with Crippen LogP contribution in [0.1, 0.15) is 44.9 Å². The number of aliphatic carboxylic acids is 2. The molecule has 0 radical (unpaired) electrons. The van der Waals surface area contributed by atoms with Crippen molar-refractivity contribution >= 4 is 11.9 Å². The number of rotatable bonds is 9. The lowest BCUT2D eigenvalue weighted by molar-refractivity contribution is -0.138. The van der Waals surface area contributed by atoms with Crippen LogP contribution in [0.4, 0.5) is 0 Å². The van der Waals surface area contributed by atoms with Gasteiger partial charge in [0.25, 0.3) is 0 Å². The van der Waals surface area contributed by atoms with Crippen molar-refractivity contribution in [1.29, 1.82) is 0 Å². The highest BCUT2D eigenvalue weighted by atomic mass is 16.4. The normalized spacial score (nSPS) is 9.87. The summed E-state index contributed by atoms with van der Waals surface area (Å²) in [6.07, 6.45) is 4.10. The van der Waals surface area contributed by atoms with Crippen molar-refractivity contribution < 1.29 is 19.8 Å². The van der Waals surface area contributed by atoms with Crippen molar-refractivity contribution in [3.63, 3.8) is 0 Å². The number of hydrogen-bond donors (Lipinski definition) is 2. The van der Waals surface area contributed by atoms with E-state index < -0.39 is 11.9 Å². The first kappa shape index (κ1) is 13.7. The number of carboxylic acids is 2. The van der Waals surface area contributed by atoms with E-state index in [2.05, 4.69) is 6.58 Å². The monoisotopic (exact) mass is 214 g/mol. The van der Waals surface area contributed by atoms with Gasteiger partial charge in [-0.1, -0.05) is 18.6 Å². The van der Waals surface area contributed by atoms with E-state index in [0.717, 1.165) is 24.8 Å². The summed E-state index contributed by atoms with van der Waals surface area (Å²) in [5.74, 6) is -1.57. The van der Waals surface area contributed by atoms with Crippen LogP contribution in [-0.2, 0) is 9.59 Å². The summed E-state index contributed by atoms with van der Waals surface area (Å²) in [7, 11) is 0. The summed E-state index contributed by atoms with van der Waals surface area (Å²) >= 11 is 0. The fraction of sp³-hybridized carbons (Fsp3) is 0.636. The van der Waals surface area contributed by atoms with Crippen molar-refractivity contribution in [2.24, 2.45) is 0 Å². The number of carbonyl (C=O) groups is 2. The minimum absolute atomic E-state index is 0.133. The van der Waals surface area contributed by atoms with Gasteiger partial charge in [-0.2, -0.15) is 0 Å². The van der Waals surface area contributed by atoms with Crippen LogP contribution >= 0.6 is 0 Å². The quantitative estimate of drug-likeness (QED) is 0.456. The molecule has 0 aromatic carbocycles. The highest BCUT2D eigenvalue weighted by Crippen LogP contribution is 2.13. The van der Waals surface area contributed by atoms with E-state index in [1.165, 1.54) is 0 Å². The molecule has 0 atom stereocenters. The summed E-state index contributed by atoms with van der Waals surface area (Å²) in [5, 5.41) is 16.8. The highest BCUT2D eigenvalue weighted by Gasteiger charge is 2.01. The molecule has 86 valence electrons. The molecule has 0 aromatic rings. The van der Waals surface area contributed by atoms with Crippen LogP contribution < -0.4 is 0 Å². The van der Waals surface area contributed by atoms with E-state index in [0.29, 0.717) is 12.8 Å². The Balaban J connectivity index is 3.31. The molecule has 0 aliphatic heterocycles. The number of hydrogen-bond acceptors (Lipinski definition) is 2. The summed E-state index contributed by atoms with van der Waals surface area (Å²) in [4.78, 5) is 20.4. The highest BCUT2D eigenvalue weighted by molar-refractivity contribution is 5.67. The second kappa shape index (κ2) is 8.03. The Morgan fingerprint density at radius 3 is 1.87 bits per heavy atom. The van der Waals surface area contributed by atoms with Crippen LogP contribution in [0.15, 0.2) is 12.2 Å². The van der Waals surface area contributed by atoms with Gasteiger partial charge in [-0.15, -0.1) is 0 Å². The van der Waals surface area contributed by atoms with Crippen LogP contribution in [0.2, 0.25) is 0 Å². The average molecular weight is 214 g/mol. The fourth-order valence-corrected chi connectivity index (χ4v) is 1.24. The van der Waals surface area contributed by atoms with Crippen LogP contribution in [0.3, 0.4) is 0 Å². The maximum atomic E-state index is 10.2. The molecule has 0 spiro atoms. The maximum absolute atomic E-state index is 10.2. The Bertz CT molecular complexity index is 233. The summed E-state index contributed by atoms with van der Waals surface area (Å²) in [6, 6.07) is 0. The molecule has 0 heterocycles. The second-order valence-electron chi connectivity index (χ2n) is 3.60. The molecule has 0 amide bonds. The van der Waals surface area contributed by atoms with Gasteiger partial charge < -0.3 is 10.2 Å². The van der Waals surface area contributed by atoms with Gasteiger partial charge in [-0.25, -0.2) is 0 Å². The molecule has 0 unspecified atom stereocenters. The van der Waals surface area contributed by atoms with Crippen molar-refractivity contribution in [1.82, 2.24) is 0 Å². The van der Waals surface area contributed by atoms with E-state index in [1.807, 2.05) is 0 Å². The Kier molecular flexibility index (Phi) is 7.32. The van der Waals surface area contributed by atoms with Crippen molar-refractivity contribution in [2.45, 2.75) is 44.9 Å². The van der Waals surface area contributed by atoms with E-state index in [-0.39, 0.29) is 12.8 Å². The van der Waals surface area contributed by atoms with Gasteiger partial charge in [0.1, 0.15) is 0 Å². The van der Waals surface area contributed by atoms with Gasteiger partial charge >= 0.3 is 11.9 Å². The third-order valence-corrected chi connectivity index (χ3v) is 2.11. The first-order chi connectivity index (χ1) is 7.02. The maximum Gasteiger partial charge on any atom is 0.303 e. The zero-order valence-corrected chi connectivity index (χ0v) is 8.87. The third kappa shape index (κ3) is 10.6. The molecule has 0 aromatic heterocycles. The smallest absolute Gasteiger partial charge is 0.303 e. The predicted molar refractivity (Wildman–Crippen MR) is 56.7 cm³/mol. The van der Waals surface area contributed by atoms with E-state index in [9.17, 15) is 9.59 Å². The lowest BCUT2D eigenvalue weighted by Gasteiger charge is -2.03. The lowest BCUT2D eigenvalue weighted by atomic mass is 10.0. The number of carboxylic acid groups (broad SMARTS) is 2. The summed E-state index contributed by atoms with van der Waals surface area (Å²) in [6.45, 7) is 3.78. The first-order valence-corrected chi connectivity index (χ1v) is 5.12. The zero-order chi connectivity index (χ0) is 11.7. The van der Waals surface area contributed by atoms with Crippen molar-refractivity contribution in [3.8, 4) is 0 Å². The Morgan fingerprint density at radius 2 is 1.33 bits per heavy atom. The molecule has 0 rings (SSSR count). The fourth-order valence-electron chi connectivity index (χ4n) is 1.24. The van der Waals surface area contributed by atoms with Crippen LogP contribution in [0.5, 0.6) is 0 Å². The Morgan fingerprint density at radius 1 is 0.800 bits per heavy atom. The molecule has 0 aliphatic carbocycles. The molecule has 2 N–H and O–H groups in total. The minimum atomic E-state index is -0.804. The van der Waals surface area contributed by atoms with Crippen LogP contribution in [0.25, 0.3) is 0 Å². The van der Waals surface area contributed by atoms with Crippen molar-refractivity contribution in [3.05, 3.63) is 12.2 Å². The predicted octanol–water partition coefficient (Wildman–Crippen LogP) is 2.44. The molecule has 0 aliphatic rings. The second-order valence-corrected chi connectivity index (χ2v) is 3.60. The van der Waals surface area contributed by atoms with E-state index >= 15 is 0 Å². The minimum Gasteiger partial charge on any atom is -0.481 e. The Hall–Kier alpha value is -1.32. The van der Waals surface area contributed by atoms with Gasteiger partial charge in [0.15, 0.2) is 0 Å². The molecule has 0 bridgehead atoms. The number of unbranched alkanes of at least 4 members (excludes halogenated alkanes) is 2. The lowest BCUT2D eigenvalue weighted by Crippen LogP contribution is -1.96. The van der Waals surface area contributed by atoms with E-state index in [1.54, 1.807) is 0 Å². The van der Waals surface area contributed by atoms with Gasteiger partial charge in [0, 0.05) is 12.8 Å². The molecule has 15 heavy (non-hydrogen) atoms. The third-order valence-electron chi connectivity index (χ3n) is 2.11. The standard InChI is InChI=1S/C11H18O4/c1-9(7-8-11(14)15)5-3-2-4-6-10(12)13/h1-8H2,(H,12,13)(H,14,15). The molecule has 4 nitrogen and oxygen atoms in total. The van der Waals surface area contributed by atoms with Gasteiger partial charge in [0.05, 0.1) is 0 Å². The molecule has 4 heteroatoms. The topological polar surface area (TPSA) is 74.6 Å². The van der Waals surface area contributed by atoms with Gasteiger partial charge in [-0.05, 0) is 25.7 Å².